The van der Waals surface area contributed by atoms with Gasteiger partial charge >= 0.3 is 5.97 Å². The zero-order valence-electron chi connectivity index (χ0n) is 17.0. The molecule has 0 aliphatic carbocycles. The van der Waals surface area contributed by atoms with Crippen LogP contribution in [0.5, 0.6) is 0 Å². The van der Waals surface area contributed by atoms with E-state index in [0.717, 1.165) is 12.5 Å². The Morgan fingerprint density at radius 3 is 2.57 bits per heavy atom. The van der Waals surface area contributed by atoms with Crippen LogP contribution in [-0.4, -0.2) is 23.7 Å². The lowest BCUT2D eigenvalue weighted by molar-refractivity contribution is -0.144. The summed E-state index contributed by atoms with van der Waals surface area (Å²) in [6.07, 6.45) is 1.37. The summed E-state index contributed by atoms with van der Waals surface area (Å²) < 4.78 is 33.6. The topological polar surface area (TPSA) is 55.4 Å². The van der Waals surface area contributed by atoms with Gasteiger partial charge in [0.2, 0.25) is 0 Å². The van der Waals surface area contributed by atoms with Gasteiger partial charge in [0.1, 0.15) is 16.9 Å². The maximum absolute atomic E-state index is 14.4. The first-order valence-corrected chi connectivity index (χ1v) is 11.3. The second kappa shape index (κ2) is 11.5. The molecule has 1 unspecified atom stereocenters. The van der Waals surface area contributed by atoms with Crippen LogP contribution in [0.3, 0.4) is 0 Å². The van der Waals surface area contributed by atoms with E-state index < -0.39 is 22.8 Å². The van der Waals surface area contributed by atoms with Crippen molar-refractivity contribution in [2.24, 2.45) is 5.92 Å². The van der Waals surface area contributed by atoms with Crippen LogP contribution in [0.2, 0.25) is 0 Å². The van der Waals surface area contributed by atoms with Crippen molar-refractivity contribution in [3.8, 4) is 0 Å². The minimum absolute atomic E-state index is 0.0549. The van der Waals surface area contributed by atoms with E-state index in [-0.39, 0.29) is 23.1 Å². The molecule has 0 saturated carbocycles. The number of rotatable bonds is 9. The first kappa shape index (κ1) is 24.3. The minimum atomic E-state index is -0.648. The van der Waals surface area contributed by atoms with Crippen LogP contribution < -0.4 is 5.32 Å². The van der Waals surface area contributed by atoms with Crippen molar-refractivity contribution in [3.63, 3.8) is 0 Å². The molecule has 0 saturated heterocycles. The molecule has 2 aromatic carbocycles. The van der Waals surface area contributed by atoms with Crippen molar-refractivity contribution in [3.05, 3.63) is 58.1 Å². The fraction of sp³-hybridized carbons (Fsp3) is 0.364. The van der Waals surface area contributed by atoms with Crippen molar-refractivity contribution in [1.82, 2.24) is 0 Å². The average Bonchev–Trinajstić information content (AvgIpc) is 2.69. The molecule has 0 aliphatic heterocycles. The third kappa shape index (κ3) is 7.09. The third-order valence-corrected chi connectivity index (χ3v) is 6.22. The van der Waals surface area contributed by atoms with E-state index in [9.17, 15) is 18.4 Å². The molecule has 2 rings (SSSR count). The van der Waals surface area contributed by atoms with Gasteiger partial charge < -0.3 is 10.1 Å². The van der Waals surface area contributed by atoms with E-state index in [1.54, 1.807) is 0 Å². The highest BCUT2D eigenvalue weighted by molar-refractivity contribution is 9.10. The van der Waals surface area contributed by atoms with Crippen LogP contribution in [0.4, 0.5) is 14.5 Å². The number of anilines is 1. The minimum Gasteiger partial charge on any atom is -0.465 e. The highest BCUT2D eigenvalue weighted by Crippen LogP contribution is 2.36. The Hall–Kier alpha value is -1.93. The summed E-state index contributed by atoms with van der Waals surface area (Å²) in [5.41, 5.74) is 0.0217. The average molecular weight is 500 g/mol. The molecule has 162 valence electrons. The monoisotopic (exact) mass is 499 g/mol. The Morgan fingerprint density at radius 2 is 1.93 bits per heavy atom. The van der Waals surface area contributed by atoms with Gasteiger partial charge in [0.25, 0.3) is 5.91 Å². The Kier molecular flexibility index (Phi) is 9.30. The Balaban J connectivity index is 2.21. The number of hydrogen-bond acceptors (Lipinski definition) is 4. The Labute approximate surface area is 187 Å². The molecule has 8 heteroatoms. The quantitative estimate of drug-likeness (QED) is 0.318. The summed E-state index contributed by atoms with van der Waals surface area (Å²) in [4.78, 5) is 25.4. The van der Waals surface area contributed by atoms with Gasteiger partial charge in [-0.1, -0.05) is 33.3 Å². The first-order chi connectivity index (χ1) is 14.2. The smallest absolute Gasteiger partial charge is 0.319 e. The van der Waals surface area contributed by atoms with E-state index in [1.165, 1.54) is 42.1 Å². The number of thioether (sulfide) groups is 1. The van der Waals surface area contributed by atoms with Crippen molar-refractivity contribution in [2.45, 2.75) is 43.8 Å². The maximum Gasteiger partial charge on any atom is 0.319 e. The molecular formula is C22H24BrF2NO3S. The number of benzene rings is 2. The van der Waals surface area contributed by atoms with Gasteiger partial charge in [-0.3, -0.25) is 9.59 Å². The zero-order chi connectivity index (χ0) is 22.3. The highest BCUT2D eigenvalue weighted by atomic mass is 79.9. The van der Waals surface area contributed by atoms with E-state index in [4.69, 9.17) is 4.74 Å². The molecule has 0 spiro atoms. The van der Waals surface area contributed by atoms with Gasteiger partial charge in [-0.25, -0.2) is 8.78 Å². The summed E-state index contributed by atoms with van der Waals surface area (Å²) in [6.45, 7) is 6.21. The van der Waals surface area contributed by atoms with Crippen LogP contribution in [-0.2, 0) is 9.53 Å². The molecule has 0 aromatic heterocycles. The molecule has 30 heavy (non-hydrogen) atoms. The lowest BCUT2D eigenvalue weighted by atomic mass is 10.2. The molecule has 0 fully saturated rings. The Morgan fingerprint density at radius 1 is 1.20 bits per heavy atom. The van der Waals surface area contributed by atoms with E-state index in [2.05, 4.69) is 21.2 Å². The maximum atomic E-state index is 14.4. The molecule has 1 N–H and O–H groups in total. The third-order valence-electron chi connectivity index (χ3n) is 4.00. The predicted molar refractivity (Wildman–Crippen MR) is 119 cm³/mol. The standard InChI is InChI=1S/C22H24BrF2NO3S/c1-4-6-19(22(28)29-12-13(2)3)30-20-11-18(17(25)10-16(20)23)26-21(27)14-7-5-8-15(24)9-14/h5,7-11,13,19H,4,6,12H2,1-3H3,(H,26,27). The SMILES string of the molecule is CCCC(Sc1cc(NC(=O)c2cccc(F)c2)c(F)cc1Br)C(=O)OCC(C)C. The number of carbonyl (C=O) groups excluding carboxylic acids is 2. The second-order valence-electron chi connectivity index (χ2n) is 7.15. The zero-order valence-corrected chi connectivity index (χ0v) is 19.4. The van der Waals surface area contributed by atoms with Crippen molar-refractivity contribution in [2.75, 3.05) is 11.9 Å². The van der Waals surface area contributed by atoms with E-state index in [1.807, 2.05) is 20.8 Å². The normalized spacial score (nSPS) is 12.0. The Bertz CT molecular complexity index is 908. The predicted octanol–water partition coefficient (Wildman–Crippen LogP) is 6.44. The fourth-order valence-corrected chi connectivity index (χ4v) is 4.30. The molecular weight excluding hydrogens is 476 g/mol. The van der Waals surface area contributed by atoms with Crippen molar-refractivity contribution in [1.29, 1.82) is 0 Å². The number of nitrogens with one attached hydrogen (secondary N) is 1. The van der Waals surface area contributed by atoms with Gasteiger partial charge in [-0.05, 0) is 58.6 Å². The van der Waals surface area contributed by atoms with Crippen LogP contribution in [0.15, 0.2) is 45.8 Å². The van der Waals surface area contributed by atoms with E-state index >= 15 is 0 Å². The summed E-state index contributed by atoms with van der Waals surface area (Å²) in [7, 11) is 0. The molecule has 0 bridgehead atoms. The molecule has 1 amide bonds. The second-order valence-corrected chi connectivity index (χ2v) is 9.24. The van der Waals surface area contributed by atoms with Crippen LogP contribution >= 0.6 is 27.7 Å². The van der Waals surface area contributed by atoms with Gasteiger partial charge in [-0.15, -0.1) is 11.8 Å². The van der Waals surface area contributed by atoms with Gasteiger partial charge in [0.05, 0.1) is 12.3 Å². The van der Waals surface area contributed by atoms with E-state index in [0.29, 0.717) is 22.4 Å². The largest absolute Gasteiger partial charge is 0.465 e. The summed E-state index contributed by atoms with van der Waals surface area (Å²) in [6, 6.07) is 7.82. The van der Waals surface area contributed by atoms with Crippen molar-refractivity contribution >= 4 is 45.3 Å². The lowest BCUT2D eigenvalue weighted by Crippen LogP contribution is -2.22. The van der Waals surface area contributed by atoms with Gasteiger partial charge in [0, 0.05) is 14.9 Å². The van der Waals surface area contributed by atoms with Gasteiger partial charge in [-0.2, -0.15) is 0 Å². The molecule has 0 heterocycles. The highest BCUT2D eigenvalue weighted by Gasteiger charge is 2.23. The molecule has 0 aliphatic rings. The number of amides is 1. The summed E-state index contributed by atoms with van der Waals surface area (Å²) in [5.74, 6) is -1.93. The molecule has 2 aromatic rings. The number of esters is 1. The lowest BCUT2D eigenvalue weighted by Gasteiger charge is -2.18. The summed E-state index contributed by atoms with van der Waals surface area (Å²) >= 11 is 4.57. The number of carbonyl (C=O) groups is 2. The molecule has 4 nitrogen and oxygen atoms in total. The van der Waals surface area contributed by atoms with Crippen LogP contribution in [0, 0.1) is 17.6 Å². The fourth-order valence-electron chi connectivity index (χ4n) is 2.52. The first-order valence-electron chi connectivity index (χ1n) is 9.60. The van der Waals surface area contributed by atoms with Gasteiger partial charge in [0.15, 0.2) is 0 Å². The number of ether oxygens (including phenoxy) is 1. The molecule has 1 atom stereocenters. The molecule has 0 radical (unpaired) electrons. The summed E-state index contributed by atoms with van der Waals surface area (Å²) in [5, 5.41) is 2.01. The number of halogens is 3. The van der Waals surface area contributed by atoms with Crippen LogP contribution in [0.25, 0.3) is 0 Å². The van der Waals surface area contributed by atoms with Crippen LogP contribution in [0.1, 0.15) is 44.0 Å². The van der Waals surface area contributed by atoms with Crippen molar-refractivity contribution < 1.29 is 23.1 Å². The number of hydrogen-bond donors (Lipinski definition) is 1.